The van der Waals surface area contributed by atoms with Gasteiger partial charge in [0.15, 0.2) is 0 Å². The number of methoxy groups -OCH3 is 1. The Labute approximate surface area is 185 Å². The van der Waals surface area contributed by atoms with Gasteiger partial charge in [-0.25, -0.2) is 4.98 Å². The quantitative estimate of drug-likeness (QED) is 0.492. The number of aryl methyl sites for hydroxylation is 1. The fourth-order valence-corrected chi connectivity index (χ4v) is 6.72. The number of aromatic nitrogens is 2. The van der Waals surface area contributed by atoms with Crippen molar-refractivity contribution < 1.29 is 4.74 Å². The fraction of sp³-hybridized carbons (Fsp3) is 0.464. The van der Waals surface area contributed by atoms with Gasteiger partial charge in [0.05, 0.1) is 11.9 Å². The molecule has 3 aromatic rings. The van der Waals surface area contributed by atoms with E-state index in [2.05, 4.69) is 48.3 Å². The molecule has 1 heterocycles. The van der Waals surface area contributed by atoms with Crippen molar-refractivity contribution in [2.75, 3.05) is 13.7 Å². The maximum absolute atomic E-state index is 5.35. The lowest BCUT2D eigenvalue weighted by Gasteiger charge is -2.21. The largest absolute Gasteiger partial charge is 0.384 e. The Morgan fingerprint density at radius 2 is 1.61 bits per heavy atom. The van der Waals surface area contributed by atoms with Crippen LogP contribution in [0.2, 0.25) is 0 Å². The summed E-state index contributed by atoms with van der Waals surface area (Å²) in [5.74, 6) is 3.94. The molecule has 1 aromatic heterocycles. The number of H-pyrrole nitrogens is 1. The zero-order chi connectivity index (χ0) is 20.9. The van der Waals surface area contributed by atoms with Crippen molar-refractivity contribution in [1.29, 1.82) is 0 Å². The van der Waals surface area contributed by atoms with E-state index < -0.39 is 0 Å². The second-order valence-electron chi connectivity index (χ2n) is 10.1. The highest BCUT2D eigenvalue weighted by atomic mass is 16.5. The first kappa shape index (κ1) is 19.3. The SMILES string of the molecule is COC[C@@H]1CC[C@H](c2ncc(-c3ccc(-c4ccc(C)c5c4C4CCC5C4)cc3)[nH]2)C1. The van der Waals surface area contributed by atoms with Crippen molar-refractivity contribution in [3.05, 3.63) is 65.1 Å². The Morgan fingerprint density at radius 1 is 0.871 bits per heavy atom. The van der Waals surface area contributed by atoms with Crippen LogP contribution in [-0.2, 0) is 4.74 Å². The number of rotatable bonds is 5. The average Bonchev–Trinajstić information content (AvgIpc) is 3.58. The molecule has 2 unspecified atom stereocenters. The Balaban J connectivity index is 1.25. The maximum Gasteiger partial charge on any atom is 0.109 e. The molecule has 3 heteroatoms. The molecule has 160 valence electrons. The molecule has 0 amide bonds. The molecule has 0 spiro atoms. The Morgan fingerprint density at radius 3 is 2.42 bits per heavy atom. The number of fused-ring (bicyclic) bond motifs is 5. The smallest absolute Gasteiger partial charge is 0.109 e. The van der Waals surface area contributed by atoms with Crippen molar-refractivity contribution in [2.24, 2.45) is 5.92 Å². The molecular weight excluding hydrogens is 380 g/mol. The summed E-state index contributed by atoms with van der Waals surface area (Å²) in [6, 6.07) is 13.8. The van der Waals surface area contributed by atoms with Crippen molar-refractivity contribution >= 4 is 0 Å². The van der Waals surface area contributed by atoms with E-state index in [1.165, 1.54) is 60.8 Å². The lowest BCUT2D eigenvalue weighted by atomic mass is 9.83. The van der Waals surface area contributed by atoms with Gasteiger partial charge in [0.1, 0.15) is 5.82 Å². The van der Waals surface area contributed by atoms with E-state index in [0.717, 1.165) is 30.0 Å². The van der Waals surface area contributed by atoms with Crippen LogP contribution in [0, 0.1) is 12.8 Å². The molecule has 2 bridgehead atoms. The lowest BCUT2D eigenvalue weighted by molar-refractivity contribution is 0.154. The van der Waals surface area contributed by atoms with Crippen LogP contribution in [0.3, 0.4) is 0 Å². The van der Waals surface area contributed by atoms with Crippen LogP contribution in [0.5, 0.6) is 0 Å². The van der Waals surface area contributed by atoms with E-state index >= 15 is 0 Å². The third kappa shape index (κ3) is 3.25. The molecule has 0 aliphatic heterocycles. The van der Waals surface area contributed by atoms with Crippen LogP contribution in [-0.4, -0.2) is 23.7 Å². The fourth-order valence-electron chi connectivity index (χ4n) is 6.72. The molecule has 0 saturated heterocycles. The second-order valence-corrected chi connectivity index (χ2v) is 10.1. The average molecular weight is 413 g/mol. The normalized spacial score (nSPS) is 26.5. The molecule has 2 saturated carbocycles. The summed E-state index contributed by atoms with van der Waals surface area (Å²) in [6.07, 6.45) is 9.77. The second kappa shape index (κ2) is 7.63. The summed E-state index contributed by atoms with van der Waals surface area (Å²) in [6.45, 7) is 3.17. The molecule has 1 N–H and O–H groups in total. The zero-order valence-electron chi connectivity index (χ0n) is 18.7. The highest BCUT2D eigenvalue weighted by Crippen LogP contribution is 2.56. The van der Waals surface area contributed by atoms with Gasteiger partial charge in [-0.05, 0) is 96.6 Å². The number of imidazole rings is 1. The van der Waals surface area contributed by atoms with Crippen LogP contribution in [0.15, 0.2) is 42.6 Å². The highest BCUT2D eigenvalue weighted by Gasteiger charge is 2.39. The van der Waals surface area contributed by atoms with Crippen LogP contribution < -0.4 is 0 Å². The molecule has 4 atom stereocenters. The summed E-state index contributed by atoms with van der Waals surface area (Å²) in [5.41, 5.74) is 9.97. The van der Waals surface area contributed by atoms with Gasteiger partial charge in [-0.3, -0.25) is 0 Å². The lowest BCUT2D eigenvalue weighted by Crippen LogP contribution is -2.04. The number of benzene rings is 2. The van der Waals surface area contributed by atoms with Crippen LogP contribution >= 0.6 is 0 Å². The number of hydrogen-bond donors (Lipinski definition) is 1. The minimum atomic E-state index is 0.541. The highest BCUT2D eigenvalue weighted by molar-refractivity contribution is 5.75. The Hall–Kier alpha value is -2.39. The first-order chi connectivity index (χ1) is 15.2. The van der Waals surface area contributed by atoms with E-state index in [1.807, 2.05) is 6.20 Å². The molecule has 2 fully saturated rings. The molecule has 6 rings (SSSR count). The van der Waals surface area contributed by atoms with E-state index in [4.69, 9.17) is 9.72 Å². The number of aromatic amines is 1. The van der Waals surface area contributed by atoms with E-state index in [1.54, 1.807) is 18.2 Å². The Bertz CT molecular complexity index is 1100. The predicted molar refractivity (Wildman–Crippen MR) is 125 cm³/mol. The monoisotopic (exact) mass is 412 g/mol. The minimum absolute atomic E-state index is 0.541. The van der Waals surface area contributed by atoms with Gasteiger partial charge in [0, 0.05) is 19.6 Å². The maximum atomic E-state index is 5.35. The van der Waals surface area contributed by atoms with Crippen LogP contribution in [0.1, 0.15) is 78.8 Å². The van der Waals surface area contributed by atoms with Crippen LogP contribution in [0.4, 0.5) is 0 Å². The topological polar surface area (TPSA) is 37.9 Å². The van der Waals surface area contributed by atoms with Crippen molar-refractivity contribution in [1.82, 2.24) is 9.97 Å². The molecule has 3 aliphatic carbocycles. The van der Waals surface area contributed by atoms with Gasteiger partial charge >= 0.3 is 0 Å². The molecule has 31 heavy (non-hydrogen) atoms. The third-order valence-electron chi connectivity index (χ3n) is 8.19. The van der Waals surface area contributed by atoms with Gasteiger partial charge in [0.25, 0.3) is 0 Å². The number of nitrogens with one attached hydrogen (secondary N) is 1. The zero-order valence-corrected chi connectivity index (χ0v) is 18.7. The molecule has 3 nitrogen and oxygen atoms in total. The third-order valence-corrected chi connectivity index (χ3v) is 8.19. The van der Waals surface area contributed by atoms with Gasteiger partial charge < -0.3 is 9.72 Å². The summed E-state index contributed by atoms with van der Waals surface area (Å²) >= 11 is 0. The first-order valence-electron chi connectivity index (χ1n) is 12.0. The first-order valence-corrected chi connectivity index (χ1v) is 12.0. The Kier molecular flexibility index (Phi) is 4.75. The van der Waals surface area contributed by atoms with E-state index in [-0.39, 0.29) is 0 Å². The predicted octanol–water partition coefficient (Wildman–Crippen LogP) is 6.95. The summed E-state index contributed by atoms with van der Waals surface area (Å²) < 4.78 is 5.35. The number of ether oxygens (including phenoxy) is 1. The molecule has 2 aromatic carbocycles. The van der Waals surface area contributed by atoms with Gasteiger partial charge in [-0.1, -0.05) is 36.4 Å². The molecular formula is C28H32N2O. The van der Waals surface area contributed by atoms with Crippen molar-refractivity contribution in [3.8, 4) is 22.4 Å². The number of hydrogen-bond acceptors (Lipinski definition) is 2. The summed E-state index contributed by atoms with van der Waals surface area (Å²) in [5, 5.41) is 0. The standard InChI is InChI=1S/C28H32N2O/c1-17-3-12-24(27-22-11-10-21(14-22)26(17)27)19-6-8-20(9-7-19)25-15-29-28(30-25)23-5-4-18(13-23)16-31-2/h3,6-9,12,15,18,21-23H,4-5,10-11,13-14,16H2,1-2H3,(H,29,30)/t18-,21?,22?,23+/m1/s1. The summed E-state index contributed by atoms with van der Waals surface area (Å²) in [4.78, 5) is 8.35. The van der Waals surface area contributed by atoms with Gasteiger partial charge in [-0.15, -0.1) is 0 Å². The van der Waals surface area contributed by atoms with Crippen molar-refractivity contribution in [3.63, 3.8) is 0 Å². The molecule has 0 radical (unpaired) electrons. The number of nitrogens with zero attached hydrogens (tertiary/aromatic N) is 1. The van der Waals surface area contributed by atoms with E-state index in [9.17, 15) is 0 Å². The molecule has 3 aliphatic rings. The van der Waals surface area contributed by atoms with Gasteiger partial charge in [-0.2, -0.15) is 0 Å². The summed E-state index contributed by atoms with van der Waals surface area (Å²) in [7, 11) is 1.80. The van der Waals surface area contributed by atoms with Crippen molar-refractivity contribution in [2.45, 2.75) is 63.2 Å². The van der Waals surface area contributed by atoms with Crippen LogP contribution in [0.25, 0.3) is 22.4 Å². The van der Waals surface area contributed by atoms with E-state index in [0.29, 0.717) is 11.8 Å². The van der Waals surface area contributed by atoms with Gasteiger partial charge in [0.2, 0.25) is 0 Å². The minimum Gasteiger partial charge on any atom is -0.384 e.